The Labute approximate surface area is 229 Å². The molecule has 0 aliphatic carbocycles. The topological polar surface area (TPSA) is 69.2 Å². The molecule has 4 aromatic carbocycles. The van der Waals surface area contributed by atoms with Crippen molar-refractivity contribution < 1.29 is 19.0 Å². The van der Waals surface area contributed by atoms with Gasteiger partial charge in [0.25, 0.3) is 5.91 Å². The fraction of sp³-hybridized carbons (Fsp3) is 0.103. The molecule has 0 saturated carbocycles. The molecule has 0 spiro atoms. The first-order valence-electron chi connectivity index (χ1n) is 11.4. The molecular weight excluding hydrogens is 556 g/mol. The fourth-order valence-electron chi connectivity index (χ4n) is 3.46. The third-order valence-electron chi connectivity index (χ3n) is 5.33. The second-order valence-electron chi connectivity index (χ2n) is 7.88. The lowest BCUT2D eigenvalue weighted by Crippen LogP contribution is -2.18. The second-order valence-corrected chi connectivity index (χ2v) is 9.15. The van der Waals surface area contributed by atoms with Crippen molar-refractivity contribution in [3.05, 3.63) is 123 Å². The lowest BCUT2D eigenvalue weighted by molar-refractivity contribution is 0.0950. The zero-order chi connectivity index (χ0) is 26.0. The van der Waals surface area contributed by atoms with Crippen molar-refractivity contribution in [3.8, 4) is 17.2 Å². The molecule has 1 amide bonds. The van der Waals surface area contributed by atoms with Crippen LogP contribution in [0.2, 0.25) is 5.02 Å². The third kappa shape index (κ3) is 7.12. The number of rotatable bonds is 10. The number of halogens is 2. The van der Waals surface area contributed by atoms with Crippen LogP contribution in [0.3, 0.4) is 0 Å². The molecule has 0 unspecified atom stereocenters. The normalized spacial score (nSPS) is 10.8. The number of para-hydroxylation sites is 1. The van der Waals surface area contributed by atoms with E-state index in [0.29, 0.717) is 44.5 Å². The van der Waals surface area contributed by atoms with Gasteiger partial charge >= 0.3 is 0 Å². The van der Waals surface area contributed by atoms with Crippen molar-refractivity contribution in [1.29, 1.82) is 0 Å². The summed E-state index contributed by atoms with van der Waals surface area (Å²) in [5.74, 6) is 1.14. The molecule has 0 atom stereocenters. The summed E-state index contributed by atoms with van der Waals surface area (Å²) in [6, 6.07) is 27.9. The lowest BCUT2D eigenvalue weighted by Gasteiger charge is -2.14. The summed E-state index contributed by atoms with van der Waals surface area (Å²) in [6.45, 7) is 0.636. The molecule has 0 heterocycles. The van der Waals surface area contributed by atoms with Crippen LogP contribution in [0.4, 0.5) is 0 Å². The van der Waals surface area contributed by atoms with Crippen LogP contribution in [0.1, 0.15) is 27.0 Å². The van der Waals surface area contributed by atoms with E-state index in [1.54, 1.807) is 31.4 Å². The van der Waals surface area contributed by atoms with E-state index in [4.69, 9.17) is 25.8 Å². The minimum atomic E-state index is -0.384. The van der Waals surface area contributed by atoms with Gasteiger partial charge in [-0.2, -0.15) is 5.10 Å². The van der Waals surface area contributed by atoms with Gasteiger partial charge in [0.05, 0.1) is 23.4 Å². The minimum absolute atomic E-state index is 0.282. The number of hydrogen-bond donors (Lipinski definition) is 1. The monoisotopic (exact) mass is 578 g/mol. The number of ether oxygens (including phenoxy) is 3. The third-order valence-corrected chi connectivity index (χ3v) is 6.29. The van der Waals surface area contributed by atoms with Gasteiger partial charge < -0.3 is 14.2 Å². The maximum absolute atomic E-state index is 12.8. The summed E-state index contributed by atoms with van der Waals surface area (Å²) in [5, 5.41) is 4.74. The van der Waals surface area contributed by atoms with Crippen molar-refractivity contribution in [3.63, 3.8) is 0 Å². The Kier molecular flexibility index (Phi) is 9.18. The Hall–Kier alpha value is -3.81. The highest BCUT2D eigenvalue weighted by Crippen LogP contribution is 2.37. The molecule has 0 aliphatic rings. The van der Waals surface area contributed by atoms with Gasteiger partial charge in [-0.05, 0) is 57.4 Å². The lowest BCUT2D eigenvalue weighted by atomic mass is 10.2. The van der Waals surface area contributed by atoms with Gasteiger partial charge in [0.15, 0.2) is 11.5 Å². The van der Waals surface area contributed by atoms with E-state index in [1.807, 2.05) is 66.7 Å². The number of carbonyl (C=O) groups is 1. The summed E-state index contributed by atoms with van der Waals surface area (Å²) in [6.07, 6.45) is 1.52. The summed E-state index contributed by atoms with van der Waals surface area (Å²) >= 11 is 9.76. The maximum Gasteiger partial charge on any atom is 0.275 e. The van der Waals surface area contributed by atoms with Gasteiger partial charge in [-0.15, -0.1) is 0 Å². The van der Waals surface area contributed by atoms with Crippen LogP contribution in [-0.2, 0) is 13.2 Å². The van der Waals surface area contributed by atoms with E-state index < -0.39 is 0 Å². The number of benzene rings is 4. The van der Waals surface area contributed by atoms with Crippen LogP contribution in [-0.4, -0.2) is 19.2 Å². The molecular formula is C29H24BrClN2O4. The fourth-order valence-corrected chi connectivity index (χ4v) is 4.23. The molecule has 8 heteroatoms. The summed E-state index contributed by atoms with van der Waals surface area (Å²) in [4.78, 5) is 12.8. The molecule has 0 saturated heterocycles. The Bertz CT molecular complexity index is 1400. The first-order chi connectivity index (χ1) is 18.0. The molecule has 0 aliphatic heterocycles. The SMILES string of the molecule is COc1cc(/C=N/NC(=O)c2ccccc2OCc2ccccc2)cc(Br)c1OCc1ccccc1Cl. The Morgan fingerprint density at radius 3 is 2.43 bits per heavy atom. The second kappa shape index (κ2) is 12.9. The van der Waals surface area contributed by atoms with Gasteiger partial charge in [0, 0.05) is 10.6 Å². The summed E-state index contributed by atoms with van der Waals surface area (Å²) < 4.78 is 18.0. The van der Waals surface area contributed by atoms with Gasteiger partial charge in [-0.25, -0.2) is 5.43 Å². The smallest absolute Gasteiger partial charge is 0.275 e. The molecule has 0 bridgehead atoms. The molecule has 6 nitrogen and oxygen atoms in total. The van der Waals surface area contributed by atoms with E-state index in [2.05, 4.69) is 26.5 Å². The zero-order valence-corrected chi connectivity index (χ0v) is 22.3. The molecule has 0 aromatic heterocycles. The summed E-state index contributed by atoms with van der Waals surface area (Å²) in [7, 11) is 1.55. The van der Waals surface area contributed by atoms with Crippen LogP contribution in [0, 0.1) is 0 Å². The van der Waals surface area contributed by atoms with E-state index >= 15 is 0 Å². The average molecular weight is 580 g/mol. The van der Waals surface area contributed by atoms with Crippen molar-refractivity contribution in [2.75, 3.05) is 7.11 Å². The first-order valence-corrected chi connectivity index (χ1v) is 12.5. The Morgan fingerprint density at radius 1 is 0.919 bits per heavy atom. The van der Waals surface area contributed by atoms with Gasteiger partial charge in [0.1, 0.15) is 19.0 Å². The van der Waals surface area contributed by atoms with E-state index in [0.717, 1.165) is 11.1 Å². The molecule has 1 N–H and O–H groups in total. The van der Waals surface area contributed by atoms with E-state index in [1.165, 1.54) is 6.21 Å². The van der Waals surface area contributed by atoms with Gasteiger partial charge in [0.2, 0.25) is 0 Å². The number of hydrogen-bond acceptors (Lipinski definition) is 5. The minimum Gasteiger partial charge on any atom is -0.493 e. The van der Waals surface area contributed by atoms with Crippen LogP contribution < -0.4 is 19.6 Å². The number of methoxy groups -OCH3 is 1. The first kappa shape index (κ1) is 26.3. The Balaban J connectivity index is 1.41. The van der Waals surface area contributed by atoms with Gasteiger partial charge in [-0.3, -0.25) is 4.79 Å². The standard InChI is InChI=1S/C29H24BrClN2O4/c1-35-27-16-21(15-24(30)28(27)37-19-22-11-5-7-13-25(22)31)17-32-33-29(34)23-12-6-8-14-26(23)36-18-20-9-3-2-4-10-20/h2-17H,18-19H2,1H3,(H,33,34)/b32-17+. The zero-order valence-electron chi connectivity index (χ0n) is 20.0. The molecule has 0 radical (unpaired) electrons. The molecule has 0 fully saturated rings. The van der Waals surface area contributed by atoms with Gasteiger partial charge in [-0.1, -0.05) is 72.3 Å². The Morgan fingerprint density at radius 2 is 1.65 bits per heavy atom. The number of nitrogens with one attached hydrogen (secondary N) is 1. The van der Waals surface area contributed by atoms with Crippen LogP contribution in [0.5, 0.6) is 17.2 Å². The number of nitrogens with zero attached hydrogens (tertiary/aromatic N) is 1. The number of carbonyl (C=O) groups excluding carboxylic acids is 1. The number of hydrazone groups is 1. The molecule has 4 aromatic rings. The predicted octanol–water partition coefficient (Wildman–Crippen LogP) is 7.03. The maximum atomic E-state index is 12.8. The highest BCUT2D eigenvalue weighted by molar-refractivity contribution is 9.10. The largest absolute Gasteiger partial charge is 0.493 e. The molecule has 37 heavy (non-hydrogen) atoms. The highest BCUT2D eigenvalue weighted by Gasteiger charge is 2.14. The van der Waals surface area contributed by atoms with Crippen LogP contribution in [0.25, 0.3) is 0 Å². The predicted molar refractivity (Wildman–Crippen MR) is 149 cm³/mol. The van der Waals surface area contributed by atoms with Crippen LogP contribution in [0.15, 0.2) is 101 Å². The van der Waals surface area contributed by atoms with E-state index in [-0.39, 0.29) is 12.5 Å². The average Bonchev–Trinajstić information content (AvgIpc) is 2.92. The molecule has 4 rings (SSSR count). The van der Waals surface area contributed by atoms with Crippen molar-refractivity contribution in [2.45, 2.75) is 13.2 Å². The summed E-state index contributed by atoms with van der Waals surface area (Å²) in [5.41, 5.74) is 5.51. The van der Waals surface area contributed by atoms with Crippen molar-refractivity contribution in [1.82, 2.24) is 5.43 Å². The number of amides is 1. The van der Waals surface area contributed by atoms with E-state index in [9.17, 15) is 4.79 Å². The molecule has 188 valence electrons. The highest BCUT2D eigenvalue weighted by atomic mass is 79.9. The van der Waals surface area contributed by atoms with Crippen molar-refractivity contribution >= 4 is 39.7 Å². The quantitative estimate of drug-likeness (QED) is 0.162. The van der Waals surface area contributed by atoms with Crippen molar-refractivity contribution in [2.24, 2.45) is 5.10 Å². The van der Waals surface area contributed by atoms with Crippen LogP contribution >= 0.6 is 27.5 Å².